The van der Waals surface area contributed by atoms with Crippen molar-refractivity contribution in [1.29, 1.82) is 0 Å². The highest BCUT2D eigenvalue weighted by atomic mass is 32.1. The Morgan fingerprint density at radius 1 is 1.04 bits per heavy atom. The Morgan fingerprint density at radius 3 is 2.22 bits per heavy atom. The summed E-state index contributed by atoms with van der Waals surface area (Å²) in [4.78, 5) is 0. The van der Waals surface area contributed by atoms with Gasteiger partial charge in [-0.25, -0.2) is 0 Å². The van der Waals surface area contributed by atoms with Gasteiger partial charge in [-0.15, -0.1) is 0 Å². The molecule has 1 fully saturated rings. The largest absolute Gasteiger partial charge is 0.359 e. The van der Waals surface area contributed by atoms with Crippen LogP contribution in [0.2, 0.25) is 0 Å². The third-order valence-corrected chi connectivity index (χ3v) is 4.59. The maximum absolute atomic E-state index is 5.35. The van der Waals surface area contributed by atoms with Gasteiger partial charge in [0.25, 0.3) is 0 Å². The molecule has 3 N–H and O–H groups in total. The van der Waals surface area contributed by atoms with E-state index in [-0.39, 0.29) is 5.41 Å². The van der Waals surface area contributed by atoms with Gasteiger partial charge in [0, 0.05) is 6.04 Å². The highest BCUT2D eigenvalue weighted by Crippen LogP contribution is 2.23. The van der Waals surface area contributed by atoms with E-state index in [9.17, 15) is 0 Å². The molecular formula is C19H29N3S. The predicted octanol–water partition coefficient (Wildman–Crippen LogP) is 4.26. The molecule has 0 saturated heterocycles. The lowest BCUT2D eigenvalue weighted by Crippen LogP contribution is -2.47. The summed E-state index contributed by atoms with van der Waals surface area (Å²) in [5.41, 5.74) is 9.50. The molecule has 0 aromatic heterocycles. The van der Waals surface area contributed by atoms with Crippen molar-refractivity contribution < 1.29 is 0 Å². The minimum Gasteiger partial charge on any atom is -0.359 e. The van der Waals surface area contributed by atoms with Gasteiger partial charge >= 0.3 is 0 Å². The van der Waals surface area contributed by atoms with Crippen LogP contribution in [0.1, 0.15) is 64.0 Å². The van der Waals surface area contributed by atoms with E-state index in [0.717, 1.165) is 11.3 Å². The summed E-state index contributed by atoms with van der Waals surface area (Å²) in [5.74, 6) is 0. The molecule has 0 atom stereocenters. The van der Waals surface area contributed by atoms with Gasteiger partial charge in [-0.1, -0.05) is 70.9 Å². The molecule has 0 bridgehead atoms. The Balaban J connectivity index is 1.81. The molecule has 0 heterocycles. The molecule has 23 heavy (non-hydrogen) atoms. The van der Waals surface area contributed by atoms with Gasteiger partial charge in [0.1, 0.15) is 0 Å². The van der Waals surface area contributed by atoms with E-state index >= 15 is 0 Å². The van der Waals surface area contributed by atoms with E-state index in [1.165, 1.54) is 37.7 Å². The number of rotatable bonds is 4. The smallest absolute Gasteiger partial charge is 0.185 e. The number of hydrogen-bond acceptors (Lipinski definition) is 2. The highest BCUT2D eigenvalue weighted by Gasteiger charge is 2.14. The average molecular weight is 332 g/mol. The van der Waals surface area contributed by atoms with Gasteiger partial charge < -0.3 is 5.32 Å². The van der Waals surface area contributed by atoms with Crippen LogP contribution in [0, 0.1) is 0 Å². The van der Waals surface area contributed by atoms with E-state index in [1.807, 2.05) is 0 Å². The fourth-order valence-electron chi connectivity index (χ4n) is 2.84. The van der Waals surface area contributed by atoms with Crippen molar-refractivity contribution in [3.63, 3.8) is 0 Å². The van der Waals surface area contributed by atoms with Gasteiger partial charge in [0.2, 0.25) is 0 Å². The van der Waals surface area contributed by atoms with Gasteiger partial charge in [0.15, 0.2) is 5.11 Å². The molecule has 1 saturated carbocycles. The van der Waals surface area contributed by atoms with Crippen molar-refractivity contribution in [2.75, 3.05) is 0 Å². The fraction of sp³-hybridized carbons (Fsp3) is 0.526. The lowest BCUT2D eigenvalue weighted by atomic mass is 9.86. The summed E-state index contributed by atoms with van der Waals surface area (Å²) in [6.45, 7) is 10.7. The normalized spacial score (nSPS) is 15.8. The second kappa shape index (κ2) is 7.82. The number of nitrogens with one attached hydrogen (secondary N) is 3. The summed E-state index contributed by atoms with van der Waals surface area (Å²) < 4.78 is 0. The van der Waals surface area contributed by atoms with Gasteiger partial charge in [0.05, 0.1) is 5.70 Å². The molecule has 0 amide bonds. The SMILES string of the molecule is C=C(NNC(=S)NC1CCCCC1)c1ccc(C(C)(C)C)cc1. The Kier molecular flexibility index (Phi) is 6.05. The Hall–Kier alpha value is -1.55. The molecule has 1 aromatic carbocycles. The summed E-state index contributed by atoms with van der Waals surface area (Å²) in [6, 6.07) is 9.00. The molecule has 1 aliphatic carbocycles. The molecule has 1 aromatic rings. The van der Waals surface area contributed by atoms with Crippen molar-refractivity contribution in [3.05, 3.63) is 42.0 Å². The highest BCUT2D eigenvalue weighted by molar-refractivity contribution is 7.80. The minimum atomic E-state index is 0.164. The van der Waals surface area contributed by atoms with Gasteiger partial charge in [-0.3, -0.25) is 10.9 Å². The zero-order chi connectivity index (χ0) is 16.9. The molecule has 0 aliphatic heterocycles. The zero-order valence-corrected chi connectivity index (χ0v) is 15.4. The Morgan fingerprint density at radius 2 is 1.65 bits per heavy atom. The molecule has 126 valence electrons. The molecule has 4 heteroatoms. The summed E-state index contributed by atoms with van der Waals surface area (Å²) in [6.07, 6.45) is 6.34. The van der Waals surface area contributed by atoms with Crippen LogP contribution in [-0.2, 0) is 5.41 Å². The first-order valence-corrected chi connectivity index (χ1v) is 8.89. The quantitative estimate of drug-likeness (QED) is 0.569. The first-order valence-electron chi connectivity index (χ1n) is 8.48. The summed E-state index contributed by atoms with van der Waals surface area (Å²) in [5, 5.41) is 4.01. The second-order valence-corrected chi connectivity index (χ2v) is 7.77. The predicted molar refractivity (Wildman–Crippen MR) is 103 cm³/mol. The lowest BCUT2D eigenvalue weighted by molar-refractivity contribution is 0.411. The van der Waals surface area contributed by atoms with Crippen LogP contribution in [0.25, 0.3) is 5.70 Å². The number of hydrogen-bond donors (Lipinski definition) is 3. The minimum absolute atomic E-state index is 0.164. The molecule has 1 aliphatic rings. The molecule has 0 radical (unpaired) electrons. The topological polar surface area (TPSA) is 36.1 Å². The van der Waals surface area contributed by atoms with Crippen LogP contribution >= 0.6 is 12.2 Å². The molecule has 3 nitrogen and oxygen atoms in total. The third-order valence-electron chi connectivity index (χ3n) is 4.37. The van der Waals surface area contributed by atoms with Crippen LogP contribution in [0.4, 0.5) is 0 Å². The van der Waals surface area contributed by atoms with E-state index in [0.29, 0.717) is 11.2 Å². The van der Waals surface area contributed by atoms with Crippen molar-refractivity contribution in [3.8, 4) is 0 Å². The van der Waals surface area contributed by atoms with E-state index in [1.54, 1.807) is 0 Å². The monoisotopic (exact) mass is 331 g/mol. The number of hydrazine groups is 1. The van der Waals surface area contributed by atoms with Crippen LogP contribution in [-0.4, -0.2) is 11.2 Å². The molecule has 0 unspecified atom stereocenters. The van der Waals surface area contributed by atoms with Crippen LogP contribution < -0.4 is 16.2 Å². The summed E-state index contributed by atoms with van der Waals surface area (Å²) in [7, 11) is 0. The van der Waals surface area contributed by atoms with Crippen molar-refractivity contribution in [2.45, 2.75) is 64.3 Å². The fourth-order valence-corrected chi connectivity index (χ4v) is 3.06. The second-order valence-electron chi connectivity index (χ2n) is 7.36. The first-order chi connectivity index (χ1) is 10.9. The van der Waals surface area contributed by atoms with Crippen LogP contribution in [0.15, 0.2) is 30.8 Å². The van der Waals surface area contributed by atoms with Crippen molar-refractivity contribution in [1.82, 2.24) is 16.2 Å². The maximum atomic E-state index is 5.35. The average Bonchev–Trinajstić information content (AvgIpc) is 2.53. The lowest BCUT2D eigenvalue weighted by Gasteiger charge is -2.25. The Labute approximate surface area is 145 Å². The molecule has 2 rings (SSSR count). The first kappa shape index (κ1) is 17.8. The summed E-state index contributed by atoms with van der Waals surface area (Å²) >= 11 is 5.35. The van der Waals surface area contributed by atoms with E-state index < -0.39 is 0 Å². The third kappa shape index (κ3) is 5.54. The van der Waals surface area contributed by atoms with Crippen LogP contribution in [0.3, 0.4) is 0 Å². The van der Waals surface area contributed by atoms with E-state index in [4.69, 9.17) is 12.2 Å². The molecular weight excluding hydrogens is 302 g/mol. The number of thiocarbonyl (C=S) groups is 1. The Bertz CT molecular complexity index is 537. The van der Waals surface area contributed by atoms with Crippen molar-refractivity contribution >= 4 is 23.0 Å². The van der Waals surface area contributed by atoms with Gasteiger partial charge in [-0.05, 0) is 41.6 Å². The van der Waals surface area contributed by atoms with E-state index in [2.05, 4.69) is 67.8 Å². The maximum Gasteiger partial charge on any atom is 0.185 e. The number of benzene rings is 1. The molecule has 0 spiro atoms. The van der Waals surface area contributed by atoms with Crippen molar-refractivity contribution in [2.24, 2.45) is 0 Å². The van der Waals surface area contributed by atoms with Gasteiger partial charge in [-0.2, -0.15) is 0 Å². The standard InChI is InChI=1S/C19H29N3S/c1-14(15-10-12-16(13-11-15)19(2,3)4)21-22-18(23)20-17-8-6-5-7-9-17/h10-13,17,21H,1,5-9H2,2-4H3,(H2,20,22,23). The van der Waals surface area contributed by atoms with Crippen LogP contribution in [0.5, 0.6) is 0 Å². The zero-order valence-electron chi connectivity index (χ0n) is 14.5.